The molecular weight excluding hydrogens is 294 g/mol. The summed E-state index contributed by atoms with van der Waals surface area (Å²) in [5.74, 6) is 1.09. The molecule has 114 valence electrons. The van der Waals surface area contributed by atoms with Gasteiger partial charge in [-0.2, -0.15) is 5.26 Å². The van der Waals surface area contributed by atoms with Gasteiger partial charge in [0.1, 0.15) is 6.07 Å². The summed E-state index contributed by atoms with van der Waals surface area (Å²) in [6.45, 7) is 1.94. The molecule has 0 radical (unpaired) electrons. The lowest BCUT2D eigenvalue weighted by atomic mass is 9.88. The topological polar surface area (TPSA) is 64.8 Å². The van der Waals surface area contributed by atoms with Crippen LogP contribution >= 0.6 is 11.3 Å². The average molecular weight is 313 g/mol. The van der Waals surface area contributed by atoms with Crippen LogP contribution in [0.1, 0.15) is 29.5 Å². The van der Waals surface area contributed by atoms with Gasteiger partial charge >= 0.3 is 0 Å². The molecule has 5 nitrogen and oxygen atoms in total. The van der Waals surface area contributed by atoms with Gasteiger partial charge in [-0.1, -0.05) is 6.07 Å². The molecule has 2 aromatic heterocycles. The van der Waals surface area contributed by atoms with Crippen molar-refractivity contribution in [3.05, 3.63) is 40.5 Å². The number of piperidine rings is 1. The predicted octanol–water partition coefficient (Wildman–Crippen LogP) is 2.90. The van der Waals surface area contributed by atoms with Crippen molar-refractivity contribution in [1.29, 1.82) is 5.26 Å². The molecule has 2 atom stereocenters. The highest BCUT2D eigenvalue weighted by Gasteiger charge is 2.31. The van der Waals surface area contributed by atoms with Gasteiger partial charge in [0.25, 0.3) is 0 Å². The molecule has 0 aliphatic carbocycles. The van der Waals surface area contributed by atoms with Crippen LogP contribution in [-0.4, -0.2) is 35.0 Å². The van der Waals surface area contributed by atoms with E-state index in [4.69, 9.17) is 5.26 Å². The van der Waals surface area contributed by atoms with Crippen molar-refractivity contribution in [3.63, 3.8) is 0 Å². The highest BCUT2D eigenvalue weighted by atomic mass is 32.1. The molecule has 1 aliphatic rings. The minimum atomic E-state index is 0.360. The van der Waals surface area contributed by atoms with Crippen molar-refractivity contribution in [2.45, 2.75) is 18.9 Å². The smallest absolute Gasteiger partial charge is 0.182 e. The molecule has 1 saturated heterocycles. The summed E-state index contributed by atoms with van der Waals surface area (Å²) >= 11 is 1.82. The zero-order valence-corrected chi connectivity index (χ0v) is 13.4. The number of anilines is 1. The van der Waals surface area contributed by atoms with Crippen LogP contribution in [0.2, 0.25) is 0 Å². The fraction of sp³-hybridized carbons (Fsp3) is 0.438. The number of hydrogen-bond donors (Lipinski definition) is 1. The first kappa shape index (κ1) is 14.9. The number of nitrogens with zero attached hydrogens (tertiary/aromatic N) is 4. The van der Waals surface area contributed by atoms with Gasteiger partial charge in [0.2, 0.25) is 0 Å². The summed E-state index contributed by atoms with van der Waals surface area (Å²) < 4.78 is 0. The van der Waals surface area contributed by atoms with Crippen molar-refractivity contribution >= 4 is 17.2 Å². The molecule has 6 heteroatoms. The molecule has 1 fully saturated rings. The number of aromatic nitrogens is 2. The molecule has 0 saturated carbocycles. The van der Waals surface area contributed by atoms with E-state index >= 15 is 0 Å². The summed E-state index contributed by atoms with van der Waals surface area (Å²) in [5.41, 5.74) is 0.360. The van der Waals surface area contributed by atoms with E-state index in [9.17, 15) is 0 Å². The van der Waals surface area contributed by atoms with Crippen molar-refractivity contribution in [1.82, 2.24) is 14.9 Å². The standard InChI is InChI=1S/C16H19N5S/c1-21-8-2-4-12(15(21)14-5-3-9-22-14)11-20-16-13(10-17)18-6-7-19-16/h3,5-7,9,12,15H,2,4,8,11H2,1H3,(H,19,20)/t12-,15-/m0/s1. The monoisotopic (exact) mass is 313 g/mol. The van der Waals surface area contributed by atoms with Crippen LogP contribution in [0.5, 0.6) is 0 Å². The lowest BCUT2D eigenvalue weighted by molar-refractivity contribution is 0.130. The van der Waals surface area contributed by atoms with Crippen molar-refractivity contribution in [2.75, 3.05) is 25.5 Å². The van der Waals surface area contributed by atoms with Crippen LogP contribution in [0.3, 0.4) is 0 Å². The Balaban J connectivity index is 1.74. The van der Waals surface area contributed by atoms with Crippen LogP contribution in [0.15, 0.2) is 29.9 Å². The second-order valence-corrected chi connectivity index (χ2v) is 6.57. The quantitative estimate of drug-likeness (QED) is 0.940. The summed E-state index contributed by atoms with van der Waals surface area (Å²) in [4.78, 5) is 12.1. The number of likely N-dealkylation sites (tertiary alicyclic amines) is 1. The SMILES string of the molecule is CN1CCC[C@@H](CNc2nccnc2C#N)[C@H]1c1cccs1. The van der Waals surface area contributed by atoms with Gasteiger partial charge in [-0.15, -0.1) is 11.3 Å². The predicted molar refractivity (Wildman–Crippen MR) is 87.7 cm³/mol. The molecular formula is C16H19N5S. The molecule has 3 heterocycles. The maximum absolute atomic E-state index is 9.10. The van der Waals surface area contributed by atoms with E-state index in [1.54, 1.807) is 12.4 Å². The Morgan fingerprint density at radius 1 is 1.45 bits per heavy atom. The minimum absolute atomic E-state index is 0.360. The highest BCUT2D eigenvalue weighted by Crippen LogP contribution is 2.37. The van der Waals surface area contributed by atoms with E-state index in [2.05, 4.69) is 50.8 Å². The molecule has 22 heavy (non-hydrogen) atoms. The normalized spacial score (nSPS) is 22.2. The van der Waals surface area contributed by atoms with Gasteiger partial charge in [-0.3, -0.25) is 4.90 Å². The first-order chi connectivity index (χ1) is 10.8. The first-order valence-corrected chi connectivity index (χ1v) is 8.36. The van der Waals surface area contributed by atoms with Crippen LogP contribution in [0.4, 0.5) is 5.82 Å². The lowest BCUT2D eigenvalue weighted by Gasteiger charge is -2.39. The third kappa shape index (κ3) is 3.11. The third-order valence-corrected chi connectivity index (χ3v) is 5.12. The van der Waals surface area contributed by atoms with Crippen molar-refractivity contribution in [2.24, 2.45) is 5.92 Å². The second-order valence-electron chi connectivity index (χ2n) is 5.59. The summed E-state index contributed by atoms with van der Waals surface area (Å²) in [7, 11) is 2.19. The Labute approximate surface area is 134 Å². The van der Waals surface area contributed by atoms with E-state index < -0.39 is 0 Å². The van der Waals surface area contributed by atoms with E-state index in [0.717, 1.165) is 13.1 Å². The minimum Gasteiger partial charge on any atom is -0.367 e. The second kappa shape index (κ2) is 6.86. The average Bonchev–Trinajstić information content (AvgIpc) is 3.07. The summed E-state index contributed by atoms with van der Waals surface area (Å²) in [6, 6.07) is 6.85. The van der Waals surface area contributed by atoms with E-state index in [1.807, 2.05) is 11.3 Å². The maximum Gasteiger partial charge on any atom is 0.182 e. The first-order valence-electron chi connectivity index (χ1n) is 7.48. The number of hydrogen-bond acceptors (Lipinski definition) is 6. The molecule has 0 amide bonds. The number of rotatable bonds is 4. The highest BCUT2D eigenvalue weighted by molar-refractivity contribution is 7.10. The molecule has 0 spiro atoms. The Bertz CT molecular complexity index is 649. The number of thiophene rings is 1. The number of nitrogens with one attached hydrogen (secondary N) is 1. The largest absolute Gasteiger partial charge is 0.367 e. The molecule has 0 bridgehead atoms. The zero-order chi connectivity index (χ0) is 15.4. The Morgan fingerprint density at radius 2 is 2.32 bits per heavy atom. The Kier molecular flexibility index (Phi) is 4.66. The number of nitriles is 1. The van der Waals surface area contributed by atoms with E-state index in [-0.39, 0.29) is 0 Å². The van der Waals surface area contributed by atoms with E-state index in [1.165, 1.54) is 17.7 Å². The molecule has 1 N–H and O–H groups in total. The van der Waals surface area contributed by atoms with Crippen LogP contribution < -0.4 is 5.32 Å². The third-order valence-electron chi connectivity index (χ3n) is 4.18. The van der Waals surface area contributed by atoms with Gasteiger partial charge in [0.05, 0.1) is 0 Å². The van der Waals surface area contributed by atoms with Crippen LogP contribution in [0.25, 0.3) is 0 Å². The van der Waals surface area contributed by atoms with Gasteiger partial charge in [0, 0.05) is 29.9 Å². The van der Waals surface area contributed by atoms with Gasteiger partial charge < -0.3 is 5.32 Å². The van der Waals surface area contributed by atoms with Crippen molar-refractivity contribution < 1.29 is 0 Å². The zero-order valence-electron chi connectivity index (χ0n) is 12.6. The molecule has 0 aromatic carbocycles. The van der Waals surface area contributed by atoms with E-state index in [0.29, 0.717) is 23.5 Å². The van der Waals surface area contributed by atoms with Gasteiger partial charge in [-0.05, 0) is 43.8 Å². The Hall–Kier alpha value is -1.97. The summed E-state index contributed by atoms with van der Waals surface area (Å²) in [5, 5.41) is 14.6. The molecule has 2 aromatic rings. The Morgan fingerprint density at radius 3 is 3.09 bits per heavy atom. The lowest BCUT2D eigenvalue weighted by Crippen LogP contribution is -2.38. The fourth-order valence-electron chi connectivity index (χ4n) is 3.16. The molecule has 3 rings (SSSR count). The van der Waals surface area contributed by atoms with Gasteiger partial charge in [-0.25, -0.2) is 9.97 Å². The maximum atomic E-state index is 9.10. The molecule has 1 aliphatic heterocycles. The van der Waals surface area contributed by atoms with Crippen LogP contribution in [-0.2, 0) is 0 Å². The summed E-state index contributed by atoms with van der Waals surface area (Å²) in [6.07, 6.45) is 5.55. The molecule has 0 unspecified atom stereocenters. The van der Waals surface area contributed by atoms with Crippen molar-refractivity contribution in [3.8, 4) is 6.07 Å². The van der Waals surface area contributed by atoms with Gasteiger partial charge in [0.15, 0.2) is 11.5 Å². The van der Waals surface area contributed by atoms with Crippen LogP contribution in [0, 0.1) is 17.2 Å². The fourth-order valence-corrected chi connectivity index (χ4v) is 4.14.